The van der Waals surface area contributed by atoms with Gasteiger partial charge in [0, 0.05) is 11.7 Å². The summed E-state index contributed by atoms with van der Waals surface area (Å²) in [5.74, 6) is 0.325. The summed E-state index contributed by atoms with van der Waals surface area (Å²) in [5, 5.41) is 9.65. The van der Waals surface area contributed by atoms with Gasteiger partial charge in [0.15, 0.2) is 0 Å². The van der Waals surface area contributed by atoms with E-state index in [0.717, 1.165) is 18.1 Å². The normalized spacial score (nSPS) is 12.8. The first-order valence-corrected chi connectivity index (χ1v) is 7.39. The van der Waals surface area contributed by atoms with Crippen LogP contribution >= 0.6 is 21.6 Å². The van der Waals surface area contributed by atoms with Gasteiger partial charge in [0.05, 0.1) is 5.76 Å². The fraction of sp³-hybridized carbons (Fsp3) is 0.800. The summed E-state index contributed by atoms with van der Waals surface area (Å²) < 4.78 is 0. The first-order valence-electron chi connectivity index (χ1n) is 4.76. The zero-order valence-corrected chi connectivity index (χ0v) is 10.2. The second-order valence-corrected chi connectivity index (χ2v) is 5.87. The van der Waals surface area contributed by atoms with Gasteiger partial charge in [-0.05, 0) is 25.5 Å². The van der Waals surface area contributed by atoms with E-state index in [1.165, 1.54) is 19.3 Å². The molecule has 78 valence electrons. The van der Waals surface area contributed by atoms with Crippen LogP contribution in [-0.4, -0.2) is 16.6 Å². The summed E-state index contributed by atoms with van der Waals surface area (Å²) in [6.45, 7) is 5.71. The number of allylic oxidation sites excluding steroid dienone is 1. The third kappa shape index (κ3) is 8.57. The van der Waals surface area contributed by atoms with Crippen LogP contribution in [0.2, 0.25) is 0 Å². The standard InChI is InChI=1S/C10H20OS2/c1-4-10(13-12-3)8-6-5-7-9(2)11/h10-11H,2,4-8H2,1,3H3. The minimum atomic E-state index is 0.325. The number of hydrogen-bond acceptors (Lipinski definition) is 3. The average molecular weight is 220 g/mol. The highest BCUT2D eigenvalue weighted by Gasteiger charge is 2.05. The molecular formula is C10H20OS2. The summed E-state index contributed by atoms with van der Waals surface area (Å²) in [6, 6.07) is 0. The molecular weight excluding hydrogens is 200 g/mol. The summed E-state index contributed by atoms with van der Waals surface area (Å²) in [5.41, 5.74) is 0. The minimum Gasteiger partial charge on any atom is -0.513 e. The van der Waals surface area contributed by atoms with Gasteiger partial charge >= 0.3 is 0 Å². The van der Waals surface area contributed by atoms with E-state index >= 15 is 0 Å². The van der Waals surface area contributed by atoms with E-state index in [1.54, 1.807) is 0 Å². The van der Waals surface area contributed by atoms with Gasteiger partial charge in [0.25, 0.3) is 0 Å². The Morgan fingerprint density at radius 3 is 2.62 bits per heavy atom. The molecule has 1 atom stereocenters. The van der Waals surface area contributed by atoms with Gasteiger partial charge in [-0.25, -0.2) is 0 Å². The van der Waals surface area contributed by atoms with Crippen LogP contribution in [0.5, 0.6) is 0 Å². The van der Waals surface area contributed by atoms with Crippen LogP contribution in [-0.2, 0) is 0 Å². The predicted octanol–water partition coefficient (Wildman–Crippen LogP) is 4.41. The molecule has 0 saturated carbocycles. The van der Waals surface area contributed by atoms with E-state index in [4.69, 9.17) is 5.11 Å². The second-order valence-electron chi connectivity index (χ2n) is 3.11. The quantitative estimate of drug-likeness (QED) is 0.372. The lowest BCUT2D eigenvalue weighted by molar-refractivity contribution is 0.383. The Balaban J connectivity index is 3.32. The number of unbranched alkanes of at least 4 members (excludes halogenated alkanes) is 1. The van der Waals surface area contributed by atoms with Crippen molar-refractivity contribution in [3.8, 4) is 0 Å². The zero-order chi connectivity index (χ0) is 10.1. The average Bonchev–Trinajstić information content (AvgIpc) is 2.10. The van der Waals surface area contributed by atoms with Crippen LogP contribution in [0.3, 0.4) is 0 Å². The van der Waals surface area contributed by atoms with Crippen LogP contribution in [0, 0.1) is 0 Å². The monoisotopic (exact) mass is 220 g/mol. The van der Waals surface area contributed by atoms with Crippen molar-refractivity contribution in [1.29, 1.82) is 0 Å². The lowest BCUT2D eigenvalue weighted by Gasteiger charge is -2.11. The van der Waals surface area contributed by atoms with Crippen molar-refractivity contribution in [3.63, 3.8) is 0 Å². The molecule has 0 bridgehead atoms. The van der Waals surface area contributed by atoms with E-state index in [2.05, 4.69) is 19.8 Å². The number of rotatable bonds is 8. The van der Waals surface area contributed by atoms with Crippen molar-refractivity contribution >= 4 is 21.6 Å². The fourth-order valence-corrected chi connectivity index (χ4v) is 3.34. The topological polar surface area (TPSA) is 20.2 Å². The smallest absolute Gasteiger partial charge is 0.0851 e. The van der Waals surface area contributed by atoms with E-state index in [0.29, 0.717) is 5.76 Å². The first kappa shape index (κ1) is 13.2. The van der Waals surface area contributed by atoms with Gasteiger partial charge in [-0.3, -0.25) is 0 Å². The molecule has 1 N–H and O–H groups in total. The molecule has 0 aromatic carbocycles. The number of aliphatic hydroxyl groups excluding tert-OH is 1. The molecule has 0 rings (SSSR count). The molecule has 0 saturated heterocycles. The largest absolute Gasteiger partial charge is 0.513 e. The molecule has 1 nitrogen and oxygen atoms in total. The summed E-state index contributed by atoms with van der Waals surface area (Å²) in [7, 11) is 3.82. The molecule has 3 heteroatoms. The van der Waals surface area contributed by atoms with Crippen molar-refractivity contribution in [1.82, 2.24) is 0 Å². The Hall–Kier alpha value is 0.240. The molecule has 0 amide bonds. The van der Waals surface area contributed by atoms with Crippen LogP contribution < -0.4 is 0 Å². The molecule has 0 aromatic heterocycles. The number of aliphatic hydroxyl groups is 1. The lowest BCUT2D eigenvalue weighted by atomic mass is 10.1. The van der Waals surface area contributed by atoms with Crippen molar-refractivity contribution in [3.05, 3.63) is 12.3 Å². The fourth-order valence-electron chi connectivity index (χ4n) is 1.16. The summed E-state index contributed by atoms with van der Waals surface area (Å²) >= 11 is 0. The molecule has 0 aliphatic rings. The van der Waals surface area contributed by atoms with E-state index in [1.807, 2.05) is 21.6 Å². The molecule has 0 spiro atoms. The van der Waals surface area contributed by atoms with Crippen molar-refractivity contribution in [2.24, 2.45) is 0 Å². The summed E-state index contributed by atoms with van der Waals surface area (Å²) in [6.07, 6.45) is 7.66. The molecule has 0 radical (unpaired) electrons. The maximum absolute atomic E-state index is 8.87. The minimum absolute atomic E-state index is 0.325. The van der Waals surface area contributed by atoms with Gasteiger partial charge in [-0.1, -0.05) is 41.5 Å². The Labute approximate surface area is 89.8 Å². The highest BCUT2D eigenvalue weighted by atomic mass is 33.1. The predicted molar refractivity (Wildman–Crippen MR) is 65.4 cm³/mol. The third-order valence-electron chi connectivity index (χ3n) is 1.93. The number of hydrogen-bond donors (Lipinski definition) is 1. The molecule has 0 fully saturated rings. The SMILES string of the molecule is C=C(O)CCCCC(CC)SSC. The van der Waals surface area contributed by atoms with Crippen LogP contribution in [0.1, 0.15) is 39.0 Å². The molecule has 0 aliphatic heterocycles. The van der Waals surface area contributed by atoms with E-state index in [-0.39, 0.29) is 0 Å². The molecule has 1 unspecified atom stereocenters. The van der Waals surface area contributed by atoms with E-state index < -0.39 is 0 Å². The first-order chi connectivity index (χ1) is 6.20. The van der Waals surface area contributed by atoms with Crippen LogP contribution in [0.15, 0.2) is 12.3 Å². The Bertz CT molecular complexity index is 137. The van der Waals surface area contributed by atoms with Gasteiger partial charge in [0.2, 0.25) is 0 Å². The molecule has 0 aromatic rings. The second kappa shape index (κ2) is 8.82. The van der Waals surface area contributed by atoms with Crippen molar-refractivity contribution in [2.45, 2.75) is 44.3 Å². The Kier molecular flexibility index (Phi) is 8.98. The van der Waals surface area contributed by atoms with Crippen molar-refractivity contribution < 1.29 is 5.11 Å². The highest BCUT2D eigenvalue weighted by Crippen LogP contribution is 2.29. The van der Waals surface area contributed by atoms with Gasteiger partial charge in [0.1, 0.15) is 0 Å². The van der Waals surface area contributed by atoms with Gasteiger partial charge < -0.3 is 5.11 Å². The molecule has 0 heterocycles. The maximum Gasteiger partial charge on any atom is 0.0851 e. The van der Waals surface area contributed by atoms with Crippen LogP contribution in [0.25, 0.3) is 0 Å². The maximum atomic E-state index is 8.87. The Morgan fingerprint density at radius 2 is 2.15 bits per heavy atom. The third-order valence-corrected chi connectivity index (χ3v) is 4.36. The zero-order valence-electron chi connectivity index (χ0n) is 8.58. The molecule has 0 aliphatic carbocycles. The van der Waals surface area contributed by atoms with Gasteiger partial charge in [-0.2, -0.15) is 0 Å². The molecule has 13 heavy (non-hydrogen) atoms. The lowest BCUT2D eigenvalue weighted by Crippen LogP contribution is -1.98. The van der Waals surface area contributed by atoms with E-state index in [9.17, 15) is 0 Å². The van der Waals surface area contributed by atoms with Crippen LogP contribution in [0.4, 0.5) is 0 Å². The highest BCUT2D eigenvalue weighted by molar-refractivity contribution is 8.76. The van der Waals surface area contributed by atoms with Gasteiger partial charge in [-0.15, -0.1) is 0 Å². The van der Waals surface area contributed by atoms with Crippen molar-refractivity contribution in [2.75, 3.05) is 6.26 Å². The Morgan fingerprint density at radius 1 is 1.46 bits per heavy atom. The summed E-state index contributed by atoms with van der Waals surface area (Å²) in [4.78, 5) is 0.